The van der Waals surface area contributed by atoms with E-state index in [4.69, 9.17) is 10.1 Å². The van der Waals surface area contributed by atoms with Gasteiger partial charge in [-0.2, -0.15) is 13.2 Å². The van der Waals surface area contributed by atoms with Gasteiger partial charge in [0.2, 0.25) is 5.88 Å². The SMILES string of the molecule is COc1ccc(N2C(=O)/C(=C(\CBr)Nc3ccc([N+](=O)[O-])cc3)C(=N)N(Cc3c(F)cccc3C(F)(F)F)C2C)nn1. The third-order valence-corrected chi connectivity index (χ3v) is 6.99. The molecule has 0 aliphatic carbocycles. The lowest BCUT2D eigenvalue weighted by molar-refractivity contribution is -0.384. The van der Waals surface area contributed by atoms with Crippen molar-refractivity contribution in [2.75, 3.05) is 22.7 Å². The summed E-state index contributed by atoms with van der Waals surface area (Å²) in [5, 5.41) is 30.7. The highest BCUT2D eigenvalue weighted by molar-refractivity contribution is 9.09. The molecule has 0 radical (unpaired) electrons. The van der Waals surface area contributed by atoms with Crippen LogP contribution >= 0.6 is 15.9 Å². The second-order valence-electron chi connectivity index (χ2n) is 8.90. The Morgan fingerprint density at radius 2 is 1.86 bits per heavy atom. The number of anilines is 2. The number of carbonyl (C=O) groups is 1. The molecule has 0 spiro atoms. The third kappa shape index (κ3) is 6.02. The Balaban J connectivity index is 1.85. The van der Waals surface area contributed by atoms with Gasteiger partial charge in [0, 0.05) is 47.0 Å². The number of amidine groups is 1. The van der Waals surface area contributed by atoms with Crippen LogP contribution in [-0.4, -0.2) is 50.4 Å². The van der Waals surface area contributed by atoms with Crippen LogP contribution in [0.2, 0.25) is 0 Å². The maximum atomic E-state index is 14.9. The summed E-state index contributed by atoms with van der Waals surface area (Å²) >= 11 is 3.28. The Morgan fingerprint density at radius 1 is 1.17 bits per heavy atom. The lowest BCUT2D eigenvalue weighted by Gasteiger charge is -2.44. The van der Waals surface area contributed by atoms with Crippen molar-refractivity contribution in [1.29, 1.82) is 5.41 Å². The summed E-state index contributed by atoms with van der Waals surface area (Å²) in [6, 6.07) is 10.7. The van der Waals surface area contributed by atoms with Crippen LogP contribution in [0, 0.1) is 21.3 Å². The standard InChI is InChI=1S/C26H22BrF4N7O4/c1-14-36(13-17-18(26(29,30)31)4-3-5-19(17)28)24(32)23(25(39)37(14)21-10-11-22(42-2)35-34-21)20(12-27)33-15-6-8-16(9-7-15)38(40)41/h3-11,14,32-33H,12-13H2,1-2H3/b23-20+,32-24?. The number of hydrogen-bond donors (Lipinski definition) is 2. The number of alkyl halides is 4. The van der Waals surface area contributed by atoms with Crippen molar-refractivity contribution < 1.29 is 32.0 Å². The Labute approximate surface area is 244 Å². The van der Waals surface area contributed by atoms with E-state index in [1.165, 1.54) is 50.4 Å². The molecule has 0 bridgehead atoms. The van der Waals surface area contributed by atoms with Crippen LogP contribution in [0.5, 0.6) is 5.88 Å². The van der Waals surface area contributed by atoms with Gasteiger partial charge in [0.25, 0.3) is 11.6 Å². The highest BCUT2D eigenvalue weighted by Crippen LogP contribution is 2.36. The van der Waals surface area contributed by atoms with Gasteiger partial charge in [0.15, 0.2) is 5.82 Å². The number of carbonyl (C=O) groups excluding carboxylic acids is 1. The zero-order chi connectivity index (χ0) is 30.8. The van der Waals surface area contributed by atoms with Gasteiger partial charge >= 0.3 is 6.18 Å². The summed E-state index contributed by atoms with van der Waals surface area (Å²) in [4.78, 5) is 26.6. The van der Waals surface area contributed by atoms with E-state index in [1.54, 1.807) is 0 Å². The number of nitrogens with zero attached hydrogens (tertiary/aromatic N) is 5. The first-order valence-electron chi connectivity index (χ1n) is 12.1. The predicted molar refractivity (Wildman–Crippen MR) is 148 cm³/mol. The molecular weight excluding hydrogens is 630 g/mol. The zero-order valence-electron chi connectivity index (χ0n) is 21.9. The van der Waals surface area contributed by atoms with E-state index in [1.807, 2.05) is 0 Å². The molecule has 1 unspecified atom stereocenters. The summed E-state index contributed by atoms with van der Waals surface area (Å²) < 4.78 is 61.4. The number of rotatable bonds is 8. The van der Waals surface area contributed by atoms with Gasteiger partial charge in [-0.05, 0) is 37.3 Å². The topological polar surface area (TPSA) is 138 Å². The molecule has 2 aromatic carbocycles. The van der Waals surface area contributed by atoms with Crippen molar-refractivity contribution in [3.05, 3.63) is 92.9 Å². The Bertz CT molecular complexity index is 1550. The molecule has 0 saturated carbocycles. The molecule has 4 rings (SSSR count). The fourth-order valence-corrected chi connectivity index (χ4v) is 4.77. The number of non-ortho nitro benzene ring substituents is 1. The molecule has 3 aromatic rings. The summed E-state index contributed by atoms with van der Waals surface area (Å²) in [5.74, 6) is -2.22. The normalized spacial score (nSPS) is 16.9. The minimum Gasteiger partial charge on any atom is -0.480 e. The minimum absolute atomic E-state index is 0.00265. The zero-order valence-corrected chi connectivity index (χ0v) is 23.5. The molecule has 11 nitrogen and oxygen atoms in total. The molecule has 1 fully saturated rings. The Hall–Kier alpha value is -4.60. The quantitative estimate of drug-likeness (QED) is 0.107. The van der Waals surface area contributed by atoms with Gasteiger partial charge in [0.05, 0.1) is 17.6 Å². The van der Waals surface area contributed by atoms with Gasteiger partial charge in [-0.1, -0.05) is 22.0 Å². The van der Waals surface area contributed by atoms with Crippen LogP contribution < -0.4 is 15.0 Å². The van der Waals surface area contributed by atoms with E-state index >= 15 is 0 Å². The van der Waals surface area contributed by atoms with E-state index in [2.05, 4.69) is 31.4 Å². The number of ether oxygens (including phenoxy) is 1. The molecule has 1 aliphatic rings. The van der Waals surface area contributed by atoms with Gasteiger partial charge < -0.3 is 15.0 Å². The first-order valence-corrected chi connectivity index (χ1v) is 13.2. The van der Waals surface area contributed by atoms with Crippen LogP contribution in [0.1, 0.15) is 18.1 Å². The molecule has 2 N–H and O–H groups in total. The maximum Gasteiger partial charge on any atom is 0.416 e. The molecule has 1 atom stereocenters. The fraction of sp³-hybridized carbons (Fsp3) is 0.231. The van der Waals surface area contributed by atoms with Crippen molar-refractivity contribution in [2.45, 2.75) is 25.8 Å². The molecular formula is C26H22BrF4N7O4. The summed E-state index contributed by atoms with van der Waals surface area (Å²) in [6.07, 6.45) is -5.99. The van der Waals surface area contributed by atoms with Crippen LogP contribution in [0.15, 0.2) is 65.9 Å². The van der Waals surface area contributed by atoms with E-state index in [0.717, 1.165) is 28.0 Å². The maximum absolute atomic E-state index is 14.9. The second-order valence-corrected chi connectivity index (χ2v) is 9.46. The van der Waals surface area contributed by atoms with Gasteiger partial charge in [0.1, 0.15) is 23.4 Å². The predicted octanol–water partition coefficient (Wildman–Crippen LogP) is 5.48. The number of nitrogens with one attached hydrogen (secondary N) is 2. The molecule has 1 amide bonds. The largest absolute Gasteiger partial charge is 0.480 e. The third-order valence-electron chi connectivity index (χ3n) is 6.42. The van der Waals surface area contributed by atoms with Crippen molar-refractivity contribution >= 4 is 44.9 Å². The average molecular weight is 652 g/mol. The molecule has 220 valence electrons. The van der Waals surface area contributed by atoms with Crippen LogP contribution in [0.3, 0.4) is 0 Å². The summed E-state index contributed by atoms with van der Waals surface area (Å²) in [5.41, 5.74) is -1.91. The number of allylic oxidation sites excluding steroid dienone is 1. The molecule has 1 saturated heterocycles. The number of nitro groups is 1. The number of benzene rings is 2. The molecule has 1 aliphatic heterocycles. The molecule has 42 heavy (non-hydrogen) atoms. The highest BCUT2D eigenvalue weighted by atomic mass is 79.9. The summed E-state index contributed by atoms with van der Waals surface area (Å²) in [6.45, 7) is 0.742. The van der Waals surface area contributed by atoms with Gasteiger partial charge in [-0.3, -0.25) is 25.2 Å². The Kier molecular flexibility index (Phi) is 8.75. The molecule has 1 aromatic heterocycles. The second kappa shape index (κ2) is 12.1. The van der Waals surface area contributed by atoms with Crippen molar-refractivity contribution in [1.82, 2.24) is 15.1 Å². The van der Waals surface area contributed by atoms with E-state index in [-0.39, 0.29) is 34.0 Å². The average Bonchev–Trinajstić information content (AvgIpc) is 2.95. The van der Waals surface area contributed by atoms with Crippen molar-refractivity contribution in [3.63, 3.8) is 0 Å². The Morgan fingerprint density at radius 3 is 2.40 bits per heavy atom. The number of aromatic nitrogens is 2. The monoisotopic (exact) mass is 651 g/mol. The number of hydrogen-bond acceptors (Lipinski definition) is 8. The number of halogens is 5. The number of methoxy groups -OCH3 is 1. The highest BCUT2D eigenvalue weighted by Gasteiger charge is 2.43. The fourth-order valence-electron chi connectivity index (χ4n) is 4.35. The first kappa shape index (κ1) is 30.4. The van der Waals surface area contributed by atoms with Crippen molar-refractivity contribution in [2.24, 2.45) is 0 Å². The van der Waals surface area contributed by atoms with Crippen LogP contribution in [0.4, 0.5) is 34.8 Å². The lowest BCUT2D eigenvalue weighted by Crippen LogP contribution is -2.59. The minimum atomic E-state index is -4.88. The van der Waals surface area contributed by atoms with Gasteiger partial charge in [-0.15, -0.1) is 10.2 Å². The van der Waals surface area contributed by atoms with Crippen LogP contribution in [0.25, 0.3) is 0 Å². The molecule has 16 heteroatoms. The van der Waals surface area contributed by atoms with E-state index in [0.29, 0.717) is 5.69 Å². The van der Waals surface area contributed by atoms with Crippen molar-refractivity contribution in [3.8, 4) is 5.88 Å². The smallest absolute Gasteiger partial charge is 0.416 e. The number of nitro benzene ring substituents is 1. The number of amides is 1. The first-order chi connectivity index (χ1) is 19.9. The van der Waals surface area contributed by atoms with Crippen LogP contribution in [-0.2, 0) is 17.5 Å². The summed E-state index contributed by atoms with van der Waals surface area (Å²) in [7, 11) is 1.36. The molecule has 2 heterocycles. The van der Waals surface area contributed by atoms with Gasteiger partial charge in [-0.25, -0.2) is 4.39 Å². The lowest BCUT2D eigenvalue weighted by atomic mass is 10.0. The van der Waals surface area contributed by atoms with E-state index in [9.17, 15) is 32.5 Å². The van der Waals surface area contributed by atoms with E-state index < -0.39 is 52.5 Å².